The molecule has 1 aromatic rings. The summed E-state index contributed by atoms with van der Waals surface area (Å²) < 4.78 is 0. The second-order valence-electron chi connectivity index (χ2n) is 2.57. The topological polar surface area (TPSA) is 35.8 Å². The Morgan fingerprint density at radius 3 is 3.00 bits per heavy atom. The molecule has 2 nitrogen and oxygen atoms in total. The molecule has 1 N–H and O–H groups in total. The summed E-state index contributed by atoms with van der Waals surface area (Å²) in [4.78, 5) is 0. The Morgan fingerprint density at radius 2 is 2.31 bits per heavy atom. The normalized spacial score (nSPS) is 8.46. The third kappa shape index (κ3) is 2.89. The molecule has 0 unspecified atom stereocenters. The molecule has 0 aliphatic heterocycles. The smallest absolute Gasteiger partial charge is 0.0992 e. The van der Waals surface area contributed by atoms with Crippen LogP contribution < -0.4 is 5.32 Å². The summed E-state index contributed by atoms with van der Waals surface area (Å²) >= 11 is 0. The van der Waals surface area contributed by atoms with Gasteiger partial charge >= 0.3 is 0 Å². The van der Waals surface area contributed by atoms with Crippen molar-refractivity contribution in [3.63, 3.8) is 0 Å². The Bertz CT molecular complexity index is 355. The lowest BCUT2D eigenvalue weighted by atomic mass is 10.2. The van der Waals surface area contributed by atoms with Crippen molar-refractivity contribution in [1.82, 2.24) is 0 Å². The molecule has 0 heterocycles. The van der Waals surface area contributed by atoms with E-state index in [4.69, 9.17) is 11.7 Å². The standard InChI is InChI=1S/C11H10N2/c1-2-3-7-13-11-6-4-5-10(8-11)9-12/h1,4-6,8,13H,3,7H2. The van der Waals surface area contributed by atoms with E-state index in [0.717, 1.165) is 12.2 Å². The Labute approximate surface area is 78.2 Å². The van der Waals surface area contributed by atoms with Crippen LogP contribution in [-0.4, -0.2) is 6.54 Å². The monoisotopic (exact) mass is 170 g/mol. The third-order valence-corrected chi connectivity index (χ3v) is 1.59. The number of benzene rings is 1. The average Bonchev–Trinajstić information content (AvgIpc) is 2.19. The molecule has 13 heavy (non-hydrogen) atoms. The second-order valence-corrected chi connectivity index (χ2v) is 2.57. The van der Waals surface area contributed by atoms with Gasteiger partial charge in [0.05, 0.1) is 11.6 Å². The van der Waals surface area contributed by atoms with Crippen molar-refractivity contribution in [3.8, 4) is 18.4 Å². The van der Waals surface area contributed by atoms with Crippen molar-refractivity contribution in [1.29, 1.82) is 5.26 Å². The summed E-state index contributed by atoms with van der Waals surface area (Å²) in [7, 11) is 0. The van der Waals surface area contributed by atoms with Crippen LogP contribution in [0, 0.1) is 23.7 Å². The number of rotatable bonds is 3. The molecule has 0 aromatic heterocycles. The molecular weight excluding hydrogens is 160 g/mol. The molecule has 0 radical (unpaired) electrons. The lowest BCUT2D eigenvalue weighted by Gasteiger charge is -2.03. The van der Waals surface area contributed by atoms with E-state index in [-0.39, 0.29) is 0 Å². The first-order valence-electron chi connectivity index (χ1n) is 4.04. The van der Waals surface area contributed by atoms with Crippen LogP contribution in [0.5, 0.6) is 0 Å². The van der Waals surface area contributed by atoms with E-state index in [9.17, 15) is 0 Å². The van der Waals surface area contributed by atoms with Crippen molar-refractivity contribution in [2.24, 2.45) is 0 Å². The van der Waals surface area contributed by atoms with E-state index >= 15 is 0 Å². The summed E-state index contributed by atoms with van der Waals surface area (Å²) in [5.74, 6) is 2.54. The number of nitriles is 1. The molecule has 0 saturated carbocycles. The number of hydrogen-bond donors (Lipinski definition) is 1. The predicted octanol–water partition coefficient (Wildman–Crippen LogP) is 1.99. The van der Waals surface area contributed by atoms with Gasteiger partial charge in [0.15, 0.2) is 0 Å². The Hall–Kier alpha value is -1.93. The fourth-order valence-electron chi connectivity index (χ4n) is 0.978. The van der Waals surface area contributed by atoms with Gasteiger partial charge in [-0.2, -0.15) is 5.26 Å². The van der Waals surface area contributed by atoms with Crippen LogP contribution in [0.2, 0.25) is 0 Å². The first-order chi connectivity index (χ1) is 6.36. The van der Waals surface area contributed by atoms with Gasteiger partial charge < -0.3 is 5.32 Å². The largest absolute Gasteiger partial charge is 0.384 e. The number of anilines is 1. The first kappa shape index (κ1) is 9.16. The van der Waals surface area contributed by atoms with Gasteiger partial charge in [-0.05, 0) is 18.2 Å². The van der Waals surface area contributed by atoms with E-state index in [1.807, 2.05) is 12.1 Å². The molecule has 0 spiro atoms. The first-order valence-corrected chi connectivity index (χ1v) is 4.04. The van der Waals surface area contributed by atoms with Gasteiger partial charge in [-0.15, -0.1) is 12.3 Å². The summed E-state index contributed by atoms with van der Waals surface area (Å²) in [5, 5.41) is 11.8. The molecule has 2 heteroatoms. The maximum absolute atomic E-state index is 8.62. The van der Waals surface area contributed by atoms with Crippen LogP contribution in [0.4, 0.5) is 5.69 Å². The van der Waals surface area contributed by atoms with Crippen LogP contribution in [-0.2, 0) is 0 Å². The Balaban J connectivity index is 2.59. The van der Waals surface area contributed by atoms with Crippen molar-refractivity contribution in [2.75, 3.05) is 11.9 Å². The minimum Gasteiger partial charge on any atom is -0.384 e. The highest BCUT2D eigenvalue weighted by Crippen LogP contribution is 2.09. The molecule has 1 aromatic carbocycles. The summed E-state index contributed by atoms with van der Waals surface area (Å²) in [6, 6.07) is 9.41. The van der Waals surface area contributed by atoms with Gasteiger partial charge in [-0.1, -0.05) is 6.07 Å². The van der Waals surface area contributed by atoms with Crippen LogP contribution in [0.3, 0.4) is 0 Å². The molecule has 0 atom stereocenters. The number of terminal acetylenes is 1. The minimum absolute atomic E-state index is 0.658. The van der Waals surface area contributed by atoms with E-state index in [0.29, 0.717) is 12.0 Å². The number of hydrogen-bond acceptors (Lipinski definition) is 2. The summed E-state index contributed by atoms with van der Waals surface area (Å²) in [6.07, 6.45) is 5.80. The highest BCUT2D eigenvalue weighted by molar-refractivity contribution is 5.49. The lowest BCUT2D eigenvalue weighted by Crippen LogP contribution is -1.99. The maximum atomic E-state index is 8.62. The van der Waals surface area contributed by atoms with Crippen molar-refractivity contribution in [3.05, 3.63) is 29.8 Å². The fraction of sp³-hybridized carbons (Fsp3) is 0.182. The van der Waals surface area contributed by atoms with Crippen LogP contribution >= 0.6 is 0 Å². The van der Waals surface area contributed by atoms with Gasteiger partial charge in [0.25, 0.3) is 0 Å². The Kier molecular flexibility index (Phi) is 3.42. The molecule has 64 valence electrons. The molecular formula is C11H10N2. The molecule has 0 bridgehead atoms. The van der Waals surface area contributed by atoms with Crippen molar-refractivity contribution >= 4 is 5.69 Å². The molecule has 0 saturated heterocycles. The zero-order valence-corrected chi connectivity index (χ0v) is 7.25. The van der Waals surface area contributed by atoms with Crippen molar-refractivity contribution < 1.29 is 0 Å². The predicted molar refractivity (Wildman–Crippen MR) is 53.1 cm³/mol. The molecule has 0 amide bonds. The molecule has 0 aliphatic rings. The third-order valence-electron chi connectivity index (χ3n) is 1.59. The van der Waals surface area contributed by atoms with Gasteiger partial charge in [-0.3, -0.25) is 0 Å². The Morgan fingerprint density at radius 1 is 1.46 bits per heavy atom. The zero-order valence-electron chi connectivity index (χ0n) is 7.25. The van der Waals surface area contributed by atoms with Crippen LogP contribution in [0.25, 0.3) is 0 Å². The second kappa shape index (κ2) is 4.85. The average molecular weight is 170 g/mol. The van der Waals surface area contributed by atoms with Crippen molar-refractivity contribution in [2.45, 2.75) is 6.42 Å². The molecule has 1 rings (SSSR count). The maximum Gasteiger partial charge on any atom is 0.0992 e. The molecule has 0 aliphatic carbocycles. The van der Waals surface area contributed by atoms with E-state index in [2.05, 4.69) is 17.3 Å². The van der Waals surface area contributed by atoms with Crippen LogP contribution in [0.1, 0.15) is 12.0 Å². The minimum atomic E-state index is 0.658. The van der Waals surface area contributed by atoms with Gasteiger partial charge in [-0.25, -0.2) is 0 Å². The fourth-order valence-corrected chi connectivity index (χ4v) is 0.978. The van der Waals surface area contributed by atoms with Gasteiger partial charge in [0, 0.05) is 18.7 Å². The SMILES string of the molecule is C#CCCNc1cccc(C#N)c1. The molecule has 0 fully saturated rings. The van der Waals surface area contributed by atoms with E-state index in [1.54, 1.807) is 12.1 Å². The van der Waals surface area contributed by atoms with Crippen LogP contribution in [0.15, 0.2) is 24.3 Å². The van der Waals surface area contributed by atoms with Gasteiger partial charge in [0.2, 0.25) is 0 Å². The zero-order chi connectivity index (χ0) is 9.52. The summed E-state index contributed by atoms with van der Waals surface area (Å²) in [6.45, 7) is 0.741. The summed E-state index contributed by atoms with van der Waals surface area (Å²) in [5.41, 5.74) is 1.60. The quantitative estimate of drug-likeness (QED) is 0.556. The highest BCUT2D eigenvalue weighted by Gasteiger charge is 1.92. The lowest BCUT2D eigenvalue weighted by molar-refractivity contribution is 1.10. The highest BCUT2D eigenvalue weighted by atomic mass is 14.9. The van der Waals surface area contributed by atoms with Gasteiger partial charge in [0.1, 0.15) is 0 Å². The van der Waals surface area contributed by atoms with E-state index < -0.39 is 0 Å². The number of nitrogens with zero attached hydrogens (tertiary/aromatic N) is 1. The van der Waals surface area contributed by atoms with E-state index in [1.165, 1.54) is 0 Å². The number of nitrogens with one attached hydrogen (secondary N) is 1.